The molecule has 420 valence electrons. The summed E-state index contributed by atoms with van der Waals surface area (Å²) in [5, 5.41) is 30.6. The molecule has 0 saturated carbocycles. The molecule has 0 radical (unpaired) electrons. The number of fused-ring (bicyclic) bond motifs is 2. The number of aromatic carboxylic acids is 1. The third kappa shape index (κ3) is 12.7. The highest BCUT2D eigenvalue weighted by Gasteiger charge is 2.31. The van der Waals surface area contributed by atoms with Crippen LogP contribution in [0.5, 0.6) is 11.5 Å². The van der Waals surface area contributed by atoms with E-state index >= 15 is 8.78 Å². The zero-order valence-corrected chi connectivity index (χ0v) is 46.9. The molecule has 2 aliphatic rings. The number of pyridine rings is 2. The van der Waals surface area contributed by atoms with Crippen molar-refractivity contribution < 1.29 is 57.4 Å². The maximum absolute atomic E-state index is 15.3. The van der Waals surface area contributed by atoms with E-state index in [0.717, 1.165) is 11.4 Å². The number of halogens is 4. The number of ether oxygens (including phenoxy) is 5. The third-order valence-electron chi connectivity index (χ3n) is 14.3. The van der Waals surface area contributed by atoms with Crippen LogP contribution in [0.2, 0.25) is 10.0 Å². The minimum absolute atomic E-state index is 0.00154. The van der Waals surface area contributed by atoms with Gasteiger partial charge in [-0.05, 0) is 76.4 Å². The number of benzene rings is 4. The maximum Gasteiger partial charge on any atom is 0.343 e. The monoisotopic (exact) mass is 1120 g/mol. The number of carboxylic acid groups (broad SMARTS) is 1. The van der Waals surface area contributed by atoms with Crippen LogP contribution in [0.1, 0.15) is 104 Å². The van der Waals surface area contributed by atoms with Gasteiger partial charge in [0.25, 0.3) is 0 Å². The Hall–Kier alpha value is -6.28. The molecule has 0 amide bonds. The molecule has 78 heavy (non-hydrogen) atoms. The van der Waals surface area contributed by atoms with E-state index in [9.17, 15) is 34.5 Å². The zero-order valence-electron chi connectivity index (χ0n) is 45.4. The number of morpholine rings is 2. The van der Waals surface area contributed by atoms with Crippen molar-refractivity contribution in [3.05, 3.63) is 136 Å². The number of hydrogen-bond acceptors (Lipinski definition) is 13. The summed E-state index contributed by atoms with van der Waals surface area (Å²) in [7, 11) is 2.97. The molecule has 0 unspecified atom stereocenters. The number of aromatic nitrogens is 2. The number of esters is 1. The first-order valence-electron chi connectivity index (χ1n) is 25.7. The number of carboxylic acids is 1. The molecule has 2 fully saturated rings. The SMILES string of the molecule is CCOC(=O)c1cn([C@H](CO)C(C)(C)C)c2cc(OC)c(Cc3cc(N4CCOCC4)cc(Cl)c3F)cc2c1=O.COc1cc2c(cc1Cc1cc(N3CCOCC3)cc(Cl)c1F)c(=O)c(C(=O)O)cn2[C@H](CO)C(C)(C)C. The Morgan fingerprint density at radius 1 is 0.628 bits per heavy atom. The van der Waals surface area contributed by atoms with Crippen molar-refractivity contribution >= 4 is 68.3 Å². The lowest BCUT2D eigenvalue weighted by molar-refractivity contribution is 0.0521. The Morgan fingerprint density at radius 2 is 1.01 bits per heavy atom. The molecular formula is C58H68Cl2F2N4O12. The molecule has 8 rings (SSSR count). The summed E-state index contributed by atoms with van der Waals surface area (Å²) in [5.41, 5.74) is 1.52. The number of carbonyl (C=O) groups excluding carboxylic acids is 1. The molecule has 2 atom stereocenters. The van der Waals surface area contributed by atoms with E-state index in [0.29, 0.717) is 97.4 Å². The molecule has 6 aromatic rings. The highest BCUT2D eigenvalue weighted by atomic mass is 35.5. The average Bonchev–Trinajstić information content (AvgIpc) is 3.61. The van der Waals surface area contributed by atoms with E-state index in [2.05, 4.69) is 9.80 Å². The molecular weight excluding hydrogens is 1050 g/mol. The van der Waals surface area contributed by atoms with Crippen LogP contribution in [0.15, 0.2) is 70.5 Å². The number of carbonyl (C=O) groups is 2. The van der Waals surface area contributed by atoms with Gasteiger partial charge in [0.2, 0.25) is 10.9 Å². The van der Waals surface area contributed by atoms with Crippen LogP contribution in [-0.2, 0) is 27.1 Å². The standard InChI is InChI=1S/C30H36ClFN2O6.C28H32ClFN2O6/c1-6-40-29(37)22-16-34(26(17-35)30(2,3)4)24-15-25(38-5)18(13-21(24)28(22)36)11-19-12-20(14-23(31)27(19)32)33-7-9-39-10-8-33;1-28(2,3)24(15-33)32-14-20(27(35)36)26(34)19-11-16(23(37-4)13-22(19)32)9-17-10-18(12-21(29)25(17)30)31-5-7-38-8-6-31/h12-16,26,35H,6-11,17H2,1-5H3;10-14,24,33H,5-9,15H2,1-4H3,(H,35,36)/t26-;24-/m11/s1. The van der Waals surface area contributed by atoms with E-state index in [1.165, 1.54) is 26.6 Å². The second kappa shape index (κ2) is 24.8. The van der Waals surface area contributed by atoms with Gasteiger partial charge in [0.1, 0.15) is 34.3 Å². The molecule has 3 N–H and O–H groups in total. The molecule has 2 saturated heterocycles. The van der Waals surface area contributed by atoms with Gasteiger partial charge in [-0.3, -0.25) is 9.59 Å². The van der Waals surface area contributed by atoms with E-state index in [4.69, 9.17) is 46.9 Å². The van der Waals surface area contributed by atoms with Gasteiger partial charge < -0.3 is 57.9 Å². The fraction of sp³-hybridized carbons (Fsp3) is 0.448. The average molecular weight is 1120 g/mol. The minimum Gasteiger partial charge on any atom is -0.496 e. The lowest BCUT2D eigenvalue weighted by Crippen LogP contribution is -2.36. The van der Waals surface area contributed by atoms with Crippen LogP contribution in [0.4, 0.5) is 20.2 Å². The largest absolute Gasteiger partial charge is 0.496 e. The van der Waals surface area contributed by atoms with Gasteiger partial charge in [0.15, 0.2) is 0 Å². The number of methoxy groups -OCH3 is 2. The highest BCUT2D eigenvalue weighted by Crippen LogP contribution is 2.39. The number of nitrogens with zero attached hydrogens (tertiary/aromatic N) is 4. The summed E-state index contributed by atoms with van der Waals surface area (Å²) in [6.07, 6.45) is 2.86. The van der Waals surface area contributed by atoms with Crippen molar-refractivity contribution in [3.8, 4) is 11.5 Å². The van der Waals surface area contributed by atoms with Crippen LogP contribution in [-0.4, -0.2) is 123 Å². The summed E-state index contributed by atoms with van der Waals surface area (Å²) < 4.78 is 61.2. The van der Waals surface area contributed by atoms with Crippen molar-refractivity contribution in [2.75, 3.05) is 96.4 Å². The minimum atomic E-state index is -1.37. The fourth-order valence-corrected chi connectivity index (χ4v) is 10.5. The van der Waals surface area contributed by atoms with Crippen LogP contribution < -0.4 is 30.1 Å². The molecule has 2 aromatic heterocycles. The van der Waals surface area contributed by atoms with Gasteiger partial charge in [0.05, 0.1) is 93.6 Å². The second-order valence-corrected chi connectivity index (χ2v) is 22.2. The first kappa shape index (κ1) is 59.4. The smallest absolute Gasteiger partial charge is 0.343 e. The predicted molar refractivity (Wildman–Crippen MR) is 298 cm³/mol. The Balaban J connectivity index is 0.000000226. The summed E-state index contributed by atoms with van der Waals surface area (Å²) >= 11 is 12.6. The Labute approximate surface area is 461 Å². The second-order valence-electron chi connectivity index (χ2n) is 21.4. The molecule has 16 nitrogen and oxygen atoms in total. The normalized spacial score (nSPS) is 15.0. The van der Waals surface area contributed by atoms with Gasteiger partial charge in [-0.2, -0.15) is 0 Å². The molecule has 0 spiro atoms. The summed E-state index contributed by atoms with van der Waals surface area (Å²) in [5.74, 6) is -2.41. The van der Waals surface area contributed by atoms with Gasteiger partial charge in [0, 0.05) is 85.7 Å². The van der Waals surface area contributed by atoms with Crippen molar-refractivity contribution in [1.82, 2.24) is 9.13 Å². The van der Waals surface area contributed by atoms with Crippen molar-refractivity contribution in [2.24, 2.45) is 10.8 Å². The molecule has 4 aromatic carbocycles. The number of aliphatic hydroxyl groups excluding tert-OH is 2. The Bertz CT molecular complexity index is 3320. The van der Waals surface area contributed by atoms with Crippen LogP contribution in [0.3, 0.4) is 0 Å². The molecule has 0 bridgehead atoms. The fourth-order valence-electron chi connectivity index (χ4n) is 10.0. The van der Waals surface area contributed by atoms with Gasteiger partial charge >= 0.3 is 11.9 Å². The number of aliphatic hydroxyl groups is 2. The topological polar surface area (TPSA) is 191 Å². The first-order valence-corrected chi connectivity index (χ1v) is 26.5. The summed E-state index contributed by atoms with van der Waals surface area (Å²) in [6, 6.07) is 12.2. The molecule has 0 aliphatic carbocycles. The lowest BCUT2D eigenvalue weighted by atomic mass is 9.86. The zero-order chi connectivity index (χ0) is 57.0. The number of anilines is 2. The van der Waals surface area contributed by atoms with E-state index < -0.39 is 62.9 Å². The Morgan fingerprint density at radius 3 is 1.36 bits per heavy atom. The lowest BCUT2D eigenvalue weighted by Gasteiger charge is -2.33. The first-order chi connectivity index (χ1) is 36.9. The van der Waals surface area contributed by atoms with Crippen molar-refractivity contribution in [2.45, 2.75) is 73.4 Å². The molecule has 2 aliphatic heterocycles. The Kier molecular flexibility index (Phi) is 18.9. The van der Waals surface area contributed by atoms with Crippen molar-refractivity contribution in [3.63, 3.8) is 0 Å². The quantitative estimate of drug-likeness (QED) is 0.0824. The van der Waals surface area contributed by atoms with E-state index in [1.54, 1.807) is 64.6 Å². The molecule has 20 heteroatoms. The summed E-state index contributed by atoms with van der Waals surface area (Å²) in [6.45, 7) is 17.8. The molecule has 4 heterocycles. The van der Waals surface area contributed by atoms with Crippen molar-refractivity contribution in [1.29, 1.82) is 0 Å². The summed E-state index contributed by atoms with van der Waals surface area (Å²) in [4.78, 5) is 55.8. The van der Waals surface area contributed by atoms with Gasteiger partial charge in [-0.25, -0.2) is 18.4 Å². The van der Waals surface area contributed by atoms with Crippen LogP contribution >= 0.6 is 23.2 Å². The number of rotatable bonds is 15. The number of hydrogen-bond donors (Lipinski definition) is 3. The maximum atomic E-state index is 15.3. The van der Waals surface area contributed by atoms with E-state index in [1.807, 2.05) is 41.5 Å². The van der Waals surface area contributed by atoms with Gasteiger partial charge in [-0.15, -0.1) is 0 Å². The highest BCUT2D eigenvalue weighted by molar-refractivity contribution is 6.31. The van der Waals surface area contributed by atoms with E-state index in [-0.39, 0.29) is 59.0 Å². The third-order valence-corrected chi connectivity index (χ3v) is 14.9. The van der Waals surface area contributed by atoms with Crippen LogP contribution in [0, 0.1) is 22.5 Å². The van der Waals surface area contributed by atoms with Crippen LogP contribution in [0.25, 0.3) is 21.8 Å². The van der Waals surface area contributed by atoms with Gasteiger partial charge in [-0.1, -0.05) is 64.7 Å². The predicted octanol–water partition coefficient (Wildman–Crippen LogP) is 9.49.